The van der Waals surface area contributed by atoms with Crippen molar-refractivity contribution in [2.24, 2.45) is 16.3 Å². The molecule has 2 aromatic carbocycles. The van der Waals surface area contributed by atoms with Gasteiger partial charge >= 0.3 is 6.09 Å². The highest BCUT2D eigenvalue weighted by Gasteiger charge is 2.44. The van der Waals surface area contributed by atoms with Gasteiger partial charge < -0.3 is 39.4 Å². The first kappa shape index (κ1) is 39.1. The molecule has 3 aliphatic heterocycles. The number of amides is 1. The number of rotatable bonds is 17. The van der Waals surface area contributed by atoms with Crippen LogP contribution in [0.3, 0.4) is 0 Å². The number of ether oxygens (including phenoxy) is 5. The standard InChI is InChI=1S/C36H50N6O9S/c1-4-15-38-34(40-23-37)39-16-8-14-36(2,3)22-42(52(45,46)26-11-12-30-31(19-26)50-24-49-30)20-29(43)28(18-25-9-6-5-7-10-25)41-35(44)51-32-21-48-33-27(32)13-17-47-33/h5-7,9-12,19,27-29,32-33,43H,4,8,13-18,20-22,24H2,1-3H3,(H,41,44)(H2,38,39,40)/t27-,28-,29+,32-,33+/m0/s1. The number of carbonyl (C=O) groups is 1. The normalized spacial score (nSPS) is 20.9. The van der Waals surface area contributed by atoms with E-state index >= 15 is 0 Å². The van der Waals surface area contributed by atoms with Crippen LogP contribution in [0.1, 0.15) is 52.0 Å². The lowest BCUT2D eigenvalue weighted by Crippen LogP contribution is -2.52. The lowest BCUT2D eigenvalue weighted by Gasteiger charge is -2.35. The van der Waals surface area contributed by atoms with Crippen LogP contribution in [-0.4, -0.2) is 101 Å². The predicted molar refractivity (Wildman–Crippen MR) is 191 cm³/mol. The number of alkyl carbamates (subject to hydrolysis) is 1. The number of sulfonamides is 1. The zero-order valence-corrected chi connectivity index (χ0v) is 30.8. The zero-order valence-electron chi connectivity index (χ0n) is 30.0. The summed E-state index contributed by atoms with van der Waals surface area (Å²) in [7, 11) is -4.19. The van der Waals surface area contributed by atoms with Crippen LogP contribution in [0, 0.1) is 22.8 Å². The SMILES string of the molecule is CCCN=C(NC#N)NCCCC(C)(C)CN(C[C@@H](O)[C@H](Cc1ccccc1)NC(=O)O[C@H]1CO[C@H]2OCC[C@H]21)S(=O)(=O)c1ccc2c(c1)OCO2. The largest absolute Gasteiger partial charge is 0.454 e. The van der Waals surface area contributed by atoms with Crippen LogP contribution in [0.4, 0.5) is 4.79 Å². The molecule has 0 bridgehead atoms. The summed E-state index contributed by atoms with van der Waals surface area (Å²) in [4.78, 5) is 17.6. The van der Waals surface area contributed by atoms with Crippen molar-refractivity contribution in [3.8, 4) is 17.7 Å². The molecular formula is C36H50N6O9S. The van der Waals surface area contributed by atoms with E-state index in [9.17, 15) is 18.3 Å². The van der Waals surface area contributed by atoms with Gasteiger partial charge in [-0.25, -0.2) is 13.2 Å². The van der Waals surface area contributed by atoms with E-state index < -0.39 is 46.1 Å². The number of carbonyl (C=O) groups excluding carboxylic acids is 1. The summed E-state index contributed by atoms with van der Waals surface area (Å²) in [6.07, 6.45) is 1.95. The van der Waals surface area contributed by atoms with E-state index in [1.807, 2.05) is 57.3 Å². The van der Waals surface area contributed by atoms with Gasteiger partial charge in [-0.2, -0.15) is 9.57 Å². The van der Waals surface area contributed by atoms with Gasteiger partial charge in [0, 0.05) is 32.2 Å². The number of guanidine groups is 1. The van der Waals surface area contributed by atoms with Crippen molar-refractivity contribution in [2.45, 2.75) is 82.3 Å². The highest BCUT2D eigenvalue weighted by molar-refractivity contribution is 7.89. The molecule has 4 N–H and O–H groups in total. The molecule has 0 aromatic heterocycles. The Bertz CT molecular complexity index is 1670. The van der Waals surface area contributed by atoms with Gasteiger partial charge in [0.1, 0.15) is 6.10 Å². The predicted octanol–water partition coefficient (Wildman–Crippen LogP) is 3.10. The topological polar surface area (TPSA) is 193 Å². The van der Waals surface area contributed by atoms with Gasteiger partial charge in [-0.05, 0) is 55.2 Å². The molecule has 5 atom stereocenters. The Morgan fingerprint density at radius 2 is 1.96 bits per heavy atom. The molecule has 0 radical (unpaired) electrons. The van der Waals surface area contributed by atoms with Gasteiger partial charge in [0.2, 0.25) is 22.8 Å². The second kappa shape index (κ2) is 18.1. The fourth-order valence-corrected chi connectivity index (χ4v) is 8.20. The first-order chi connectivity index (χ1) is 25.0. The smallest absolute Gasteiger partial charge is 0.407 e. The molecule has 3 heterocycles. The van der Waals surface area contributed by atoms with E-state index in [0.717, 1.165) is 12.0 Å². The molecule has 5 rings (SSSR count). The number of aliphatic imine (C=N–C) groups is 1. The van der Waals surface area contributed by atoms with Crippen molar-refractivity contribution in [1.29, 1.82) is 5.26 Å². The van der Waals surface area contributed by atoms with Crippen molar-refractivity contribution >= 4 is 22.1 Å². The summed E-state index contributed by atoms with van der Waals surface area (Å²) in [5.74, 6) is 1.08. The molecule has 52 heavy (non-hydrogen) atoms. The van der Waals surface area contributed by atoms with E-state index in [1.54, 1.807) is 6.07 Å². The number of nitriles is 1. The lowest BCUT2D eigenvalue weighted by atomic mass is 9.87. The molecule has 15 nitrogen and oxygen atoms in total. The molecule has 2 fully saturated rings. The number of hydrogen-bond donors (Lipinski definition) is 4. The first-order valence-electron chi connectivity index (χ1n) is 17.7. The number of nitrogens with one attached hydrogen (secondary N) is 3. The van der Waals surface area contributed by atoms with Crippen LogP contribution in [0.25, 0.3) is 0 Å². The van der Waals surface area contributed by atoms with Gasteiger partial charge in [0.25, 0.3) is 0 Å². The Balaban J connectivity index is 1.33. The van der Waals surface area contributed by atoms with Gasteiger partial charge in [0.05, 0.1) is 36.2 Å². The fourth-order valence-electron chi connectivity index (χ4n) is 6.54. The Morgan fingerprint density at radius 3 is 2.73 bits per heavy atom. The molecule has 2 saturated heterocycles. The second-order valence-electron chi connectivity index (χ2n) is 14.0. The lowest BCUT2D eigenvalue weighted by molar-refractivity contribution is -0.0907. The van der Waals surface area contributed by atoms with Crippen LogP contribution in [0.2, 0.25) is 0 Å². The number of aliphatic hydroxyl groups excluding tert-OH is 1. The van der Waals surface area contributed by atoms with Crippen LogP contribution in [0.15, 0.2) is 58.4 Å². The maximum Gasteiger partial charge on any atom is 0.407 e. The third-order valence-corrected chi connectivity index (χ3v) is 11.1. The number of benzene rings is 2. The summed E-state index contributed by atoms with van der Waals surface area (Å²) in [5, 5.41) is 29.4. The molecular weight excluding hydrogens is 692 g/mol. The van der Waals surface area contributed by atoms with E-state index in [4.69, 9.17) is 28.9 Å². The number of aliphatic hydroxyl groups is 1. The van der Waals surface area contributed by atoms with Crippen LogP contribution in [0.5, 0.6) is 11.5 Å². The minimum absolute atomic E-state index is 0.0117. The maximum absolute atomic E-state index is 14.4. The van der Waals surface area contributed by atoms with Crippen molar-refractivity contribution in [3.05, 3.63) is 54.1 Å². The maximum atomic E-state index is 14.4. The van der Waals surface area contributed by atoms with Gasteiger partial charge in [0.15, 0.2) is 24.0 Å². The van der Waals surface area contributed by atoms with Crippen molar-refractivity contribution in [3.63, 3.8) is 0 Å². The molecule has 2 aromatic rings. The summed E-state index contributed by atoms with van der Waals surface area (Å²) in [6, 6.07) is 12.9. The Morgan fingerprint density at radius 1 is 1.17 bits per heavy atom. The monoisotopic (exact) mass is 742 g/mol. The van der Waals surface area contributed by atoms with E-state index in [1.165, 1.54) is 16.4 Å². The quantitative estimate of drug-likeness (QED) is 0.0610. The summed E-state index contributed by atoms with van der Waals surface area (Å²) < 4.78 is 57.9. The third kappa shape index (κ3) is 10.5. The number of fused-ring (bicyclic) bond motifs is 2. The Labute approximate surface area is 305 Å². The average Bonchev–Trinajstić information content (AvgIpc) is 3.87. The number of nitrogens with zero attached hydrogens (tertiary/aromatic N) is 3. The first-order valence-corrected chi connectivity index (χ1v) is 19.2. The van der Waals surface area contributed by atoms with Crippen LogP contribution in [-0.2, 0) is 30.7 Å². The van der Waals surface area contributed by atoms with E-state index in [2.05, 4.69) is 20.9 Å². The molecule has 0 spiro atoms. The van der Waals surface area contributed by atoms with Crippen LogP contribution < -0.4 is 25.4 Å². The molecule has 0 unspecified atom stereocenters. The summed E-state index contributed by atoms with van der Waals surface area (Å²) in [5.41, 5.74) is 0.281. The second-order valence-corrected chi connectivity index (χ2v) is 15.9. The molecule has 0 aliphatic carbocycles. The van der Waals surface area contributed by atoms with Crippen molar-refractivity contribution < 1.29 is 42.0 Å². The molecule has 3 aliphatic rings. The minimum Gasteiger partial charge on any atom is -0.454 e. The Hall–Kier alpha value is -4.14. The number of hydrogen-bond acceptors (Lipinski definition) is 11. The van der Waals surface area contributed by atoms with Crippen molar-refractivity contribution in [1.82, 2.24) is 20.3 Å². The fraction of sp³-hybridized carbons (Fsp3) is 0.583. The van der Waals surface area contributed by atoms with E-state index in [-0.39, 0.29) is 43.7 Å². The minimum atomic E-state index is -4.19. The molecule has 0 saturated carbocycles. The Kier molecular flexibility index (Phi) is 13.6. The highest BCUT2D eigenvalue weighted by Crippen LogP contribution is 2.36. The zero-order chi connectivity index (χ0) is 37.1. The van der Waals surface area contributed by atoms with Gasteiger partial charge in [-0.1, -0.05) is 51.1 Å². The summed E-state index contributed by atoms with van der Waals surface area (Å²) >= 11 is 0. The highest BCUT2D eigenvalue weighted by atomic mass is 32.2. The molecule has 16 heteroatoms. The third-order valence-electron chi connectivity index (χ3n) is 9.28. The van der Waals surface area contributed by atoms with E-state index in [0.29, 0.717) is 56.4 Å². The average molecular weight is 743 g/mol. The summed E-state index contributed by atoms with van der Waals surface area (Å²) in [6.45, 7) is 7.45. The van der Waals surface area contributed by atoms with Gasteiger partial charge in [-0.15, -0.1) is 0 Å². The van der Waals surface area contributed by atoms with Gasteiger partial charge in [-0.3, -0.25) is 10.3 Å². The van der Waals surface area contributed by atoms with Crippen molar-refractivity contribution in [2.75, 3.05) is 46.2 Å². The van der Waals surface area contributed by atoms with Crippen LogP contribution >= 0.6 is 0 Å². The molecule has 1 amide bonds. The molecule has 284 valence electrons.